The van der Waals surface area contributed by atoms with Crippen molar-refractivity contribution in [3.63, 3.8) is 0 Å². The second kappa shape index (κ2) is 7.97. The van der Waals surface area contributed by atoms with Gasteiger partial charge in [0.15, 0.2) is 0 Å². The second-order valence-electron chi connectivity index (χ2n) is 5.75. The van der Waals surface area contributed by atoms with E-state index in [4.69, 9.17) is 4.74 Å². The molecule has 1 fully saturated rings. The molecular formula is C18H20N2O3S. The van der Waals surface area contributed by atoms with Crippen LogP contribution in [0.15, 0.2) is 47.8 Å². The molecule has 0 spiro atoms. The molecule has 1 N–H and O–H groups in total. The van der Waals surface area contributed by atoms with Gasteiger partial charge in [0.1, 0.15) is 6.61 Å². The molecule has 0 bridgehead atoms. The Morgan fingerprint density at radius 1 is 1.12 bits per heavy atom. The molecule has 5 nitrogen and oxygen atoms in total. The first-order valence-electron chi connectivity index (χ1n) is 8.02. The van der Waals surface area contributed by atoms with Crippen molar-refractivity contribution in [2.24, 2.45) is 0 Å². The third kappa shape index (κ3) is 4.35. The van der Waals surface area contributed by atoms with Crippen LogP contribution in [-0.4, -0.2) is 36.0 Å². The highest BCUT2D eigenvalue weighted by Gasteiger charge is 2.25. The summed E-state index contributed by atoms with van der Waals surface area (Å²) in [6.07, 6.45) is 1.21. The number of nitrogens with zero attached hydrogens (tertiary/aromatic N) is 1. The molecular weight excluding hydrogens is 324 g/mol. The molecule has 0 unspecified atom stereocenters. The van der Waals surface area contributed by atoms with Crippen molar-refractivity contribution in [2.75, 3.05) is 13.1 Å². The smallest absolute Gasteiger partial charge is 0.410 e. The first-order valence-corrected chi connectivity index (χ1v) is 8.90. The van der Waals surface area contributed by atoms with Gasteiger partial charge in [0.2, 0.25) is 0 Å². The fourth-order valence-corrected chi connectivity index (χ4v) is 3.31. The van der Waals surface area contributed by atoms with E-state index in [-0.39, 0.29) is 24.6 Å². The minimum atomic E-state index is -0.290. The molecule has 0 radical (unpaired) electrons. The van der Waals surface area contributed by atoms with Gasteiger partial charge < -0.3 is 15.0 Å². The Morgan fingerprint density at radius 3 is 2.54 bits per heavy atom. The number of nitrogens with one attached hydrogen (secondary N) is 1. The van der Waals surface area contributed by atoms with Crippen molar-refractivity contribution in [1.29, 1.82) is 0 Å². The zero-order valence-electron chi connectivity index (χ0n) is 13.3. The Labute approximate surface area is 145 Å². The average molecular weight is 344 g/mol. The van der Waals surface area contributed by atoms with E-state index in [0.29, 0.717) is 13.1 Å². The third-order valence-electron chi connectivity index (χ3n) is 4.04. The van der Waals surface area contributed by atoms with Gasteiger partial charge >= 0.3 is 6.09 Å². The van der Waals surface area contributed by atoms with Crippen LogP contribution in [0.3, 0.4) is 0 Å². The molecule has 1 aliphatic rings. The van der Waals surface area contributed by atoms with Crippen LogP contribution < -0.4 is 5.32 Å². The number of thiophene rings is 1. The Kier molecular flexibility index (Phi) is 5.48. The fourth-order valence-electron chi connectivity index (χ4n) is 2.68. The zero-order valence-corrected chi connectivity index (χ0v) is 14.1. The molecule has 2 aromatic rings. The largest absolute Gasteiger partial charge is 0.445 e. The predicted octanol–water partition coefficient (Wildman–Crippen LogP) is 3.28. The summed E-state index contributed by atoms with van der Waals surface area (Å²) < 4.78 is 5.34. The van der Waals surface area contributed by atoms with Gasteiger partial charge in [0, 0.05) is 19.1 Å². The first-order chi connectivity index (χ1) is 11.7. The third-order valence-corrected chi connectivity index (χ3v) is 4.91. The molecule has 0 atom stereocenters. The SMILES string of the molecule is O=C(NC1CCN(C(=O)OCc2ccccc2)CC1)c1cccs1. The predicted molar refractivity (Wildman–Crippen MR) is 93.0 cm³/mol. The monoisotopic (exact) mass is 344 g/mol. The molecule has 24 heavy (non-hydrogen) atoms. The summed E-state index contributed by atoms with van der Waals surface area (Å²) in [6.45, 7) is 1.49. The summed E-state index contributed by atoms with van der Waals surface area (Å²) in [6, 6.07) is 13.4. The number of amides is 2. The van der Waals surface area contributed by atoms with Gasteiger partial charge in [-0.25, -0.2) is 4.79 Å². The van der Waals surface area contributed by atoms with Gasteiger partial charge in [-0.05, 0) is 29.9 Å². The minimum Gasteiger partial charge on any atom is -0.445 e. The number of likely N-dealkylation sites (tertiary alicyclic amines) is 1. The van der Waals surface area contributed by atoms with Gasteiger partial charge in [-0.1, -0.05) is 36.4 Å². The quantitative estimate of drug-likeness (QED) is 0.926. The average Bonchev–Trinajstić information content (AvgIpc) is 3.16. The number of hydrogen-bond donors (Lipinski definition) is 1. The highest BCUT2D eigenvalue weighted by molar-refractivity contribution is 7.12. The Bertz CT molecular complexity index is 665. The van der Waals surface area contributed by atoms with Crippen molar-refractivity contribution >= 4 is 23.3 Å². The number of hydrogen-bond acceptors (Lipinski definition) is 4. The minimum absolute atomic E-state index is 0.0323. The molecule has 1 aromatic carbocycles. The van der Waals surface area contributed by atoms with Crippen LogP contribution >= 0.6 is 11.3 Å². The lowest BCUT2D eigenvalue weighted by molar-refractivity contribution is 0.0811. The normalized spacial score (nSPS) is 15.1. The van der Waals surface area contributed by atoms with Crippen molar-refractivity contribution in [2.45, 2.75) is 25.5 Å². The lowest BCUT2D eigenvalue weighted by Gasteiger charge is -2.31. The van der Waals surface area contributed by atoms with Gasteiger partial charge in [0.25, 0.3) is 5.91 Å². The second-order valence-corrected chi connectivity index (χ2v) is 6.70. The fraction of sp³-hybridized carbons (Fsp3) is 0.333. The van der Waals surface area contributed by atoms with E-state index in [1.165, 1.54) is 11.3 Å². The van der Waals surface area contributed by atoms with Crippen LogP contribution in [0.2, 0.25) is 0 Å². The molecule has 1 saturated heterocycles. The summed E-state index contributed by atoms with van der Waals surface area (Å²) in [5, 5.41) is 4.92. The van der Waals surface area contributed by atoms with E-state index in [1.807, 2.05) is 47.8 Å². The number of piperidine rings is 1. The summed E-state index contributed by atoms with van der Waals surface area (Å²) in [4.78, 5) is 26.6. The van der Waals surface area contributed by atoms with Gasteiger partial charge in [-0.2, -0.15) is 0 Å². The van der Waals surface area contributed by atoms with E-state index in [2.05, 4.69) is 5.32 Å². The zero-order chi connectivity index (χ0) is 16.8. The van der Waals surface area contributed by atoms with Gasteiger partial charge in [-0.3, -0.25) is 4.79 Å². The maximum absolute atomic E-state index is 12.1. The molecule has 6 heteroatoms. The lowest BCUT2D eigenvalue weighted by atomic mass is 10.1. The standard InChI is InChI=1S/C18H20N2O3S/c21-17(16-7-4-12-24-16)19-15-8-10-20(11-9-15)18(22)23-13-14-5-2-1-3-6-14/h1-7,12,15H,8-11,13H2,(H,19,21). The first kappa shape index (κ1) is 16.5. The summed E-state index contributed by atoms with van der Waals surface area (Å²) in [7, 11) is 0. The highest BCUT2D eigenvalue weighted by Crippen LogP contribution is 2.14. The molecule has 0 aliphatic carbocycles. The van der Waals surface area contributed by atoms with Crippen LogP contribution in [-0.2, 0) is 11.3 Å². The van der Waals surface area contributed by atoms with Gasteiger partial charge in [0.05, 0.1) is 4.88 Å². The number of carbonyl (C=O) groups excluding carboxylic acids is 2. The molecule has 126 valence electrons. The molecule has 2 heterocycles. The van der Waals surface area contributed by atoms with Crippen molar-refractivity contribution in [3.05, 3.63) is 58.3 Å². The van der Waals surface area contributed by atoms with Crippen molar-refractivity contribution in [3.8, 4) is 0 Å². The number of benzene rings is 1. The molecule has 1 aromatic heterocycles. The van der Waals surface area contributed by atoms with Crippen LogP contribution in [0.5, 0.6) is 0 Å². The lowest BCUT2D eigenvalue weighted by Crippen LogP contribution is -2.46. The van der Waals surface area contributed by atoms with Crippen molar-refractivity contribution < 1.29 is 14.3 Å². The molecule has 3 rings (SSSR count). The molecule has 0 saturated carbocycles. The number of rotatable bonds is 4. The van der Waals surface area contributed by atoms with Crippen LogP contribution in [0.4, 0.5) is 4.79 Å². The molecule has 2 amide bonds. The van der Waals surface area contributed by atoms with E-state index in [9.17, 15) is 9.59 Å². The topological polar surface area (TPSA) is 58.6 Å². The maximum atomic E-state index is 12.1. The number of ether oxygens (including phenoxy) is 1. The highest BCUT2D eigenvalue weighted by atomic mass is 32.1. The van der Waals surface area contributed by atoms with Crippen LogP contribution in [0, 0.1) is 0 Å². The summed E-state index contributed by atoms with van der Waals surface area (Å²) >= 11 is 1.43. The van der Waals surface area contributed by atoms with Gasteiger partial charge in [-0.15, -0.1) is 11.3 Å². The maximum Gasteiger partial charge on any atom is 0.410 e. The van der Waals surface area contributed by atoms with E-state index in [1.54, 1.807) is 4.90 Å². The van der Waals surface area contributed by atoms with Crippen LogP contribution in [0.1, 0.15) is 28.1 Å². The Hall–Kier alpha value is -2.34. The summed E-state index contributed by atoms with van der Waals surface area (Å²) in [5.41, 5.74) is 0.976. The van der Waals surface area contributed by atoms with Crippen LogP contribution in [0.25, 0.3) is 0 Å². The van der Waals surface area contributed by atoms with Crippen molar-refractivity contribution in [1.82, 2.24) is 10.2 Å². The van der Waals surface area contributed by atoms with E-state index < -0.39 is 0 Å². The summed E-state index contributed by atoms with van der Waals surface area (Å²) in [5.74, 6) is -0.0323. The van der Waals surface area contributed by atoms with E-state index in [0.717, 1.165) is 23.3 Å². The number of carbonyl (C=O) groups is 2. The Balaban J connectivity index is 1.41. The van der Waals surface area contributed by atoms with E-state index >= 15 is 0 Å². The molecule has 1 aliphatic heterocycles. The Morgan fingerprint density at radius 2 is 1.88 bits per heavy atom.